The summed E-state index contributed by atoms with van der Waals surface area (Å²) in [4.78, 5) is 0. The number of rotatable bonds is 18. The highest BCUT2D eigenvalue weighted by atomic mass is 28.2. The molecular formula is C15H32O5Si. The van der Waals surface area contributed by atoms with Crippen LogP contribution < -0.4 is 0 Å². The van der Waals surface area contributed by atoms with Crippen LogP contribution >= 0.6 is 0 Å². The maximum absolute atomic E-state index is 5.53. The van der Waals surface area contributed by atoms with Gasteiger partial charge in [0.2, 0.25) is 9.76 Å². The Morgan fingerprint density at radius 3 is 1.81 bits per heavy atom. The van der Waals surface area contributed by atoms with E-state index < -0.39 is 0 Å². The van der Waals surface area contributed by atoms with Gasteiger partial charge in [-0.3, -0.25) is 0 Å². The van der Waals surface area contributed by atoms with Gasteiger partial charge >= 0.3 is 0 Å². The van der Waals surface area contributed by atoms with Crippen LogP contribution in [0.5, 0.6) is 0 Å². The molecule has 0 aliphatic rings. The first kappa shape index (κ1) is 21.0. The van der Waals surface area contributed by atoms with Crippen LogP contribution in [0.3, 0.4) is 0 Å². The maximum Gasteiger partial charge on any atom is 0.229 e. The fourth-order valence-electron chi connectivity index (χ4n) is 1.55. The Kier molecular flexibility index (Phi) is 20.0. The topological polar surface area (TPSA) is 46.2 Å². The Bertz CT molecular complexity index is 165. The molecular weight excluding hydrogens is 288 g/mol. The molecule has 0 aliphatic carbocycles. The molecule has 0 amide bonds. The van der Waals surface area contributed by atoms with E-state index in [0.29, 0.717) is 62.6 Å². The molecule has 0 fully saturated rings. The monoisotopic (exact) mass is 320 g/mol. The summed E-state index contributed by atoms with van der Waals surface area (Å²) >= 11 is 0. The minimum absolute atomic E-state index is 0.600. The zero-order valence-electron chi connectivity index (χ0n) is 13.7. The summed E-state index contributed by atoms with van der Waals surface area (Å²) in [6.07, 6.45) is 5.24. The molecule has 21 heavy (non-hydrogen) atoms. The number of hydrogen-bond donors (Lipinski definition) is 0. The van der Waals surface area contributed by atoms with E-state index in [0.717, 1.165) is 0 Å². The van der Waals surface area contributed by atoms with Crippen molar-refractivity contribution in [2.24, 2.45) is 0 Å². The molecule has 0 aromatic carbocycles. The van der Waals surface area contributed by atoms with Crippen LogP contribution in [0.15, 0.2) is 0 Å². The van der Waals surface area contributed by atoms with E-state index in [1.54, 1.807) is 7.11 Å². The van der Waals surface area contributed by atoms with E-state index in [-0.39, 0.29) is 0 Å². The van der Waals surface area contributed by atoms with Gasteiger partial charge in [0, 0.05) is 7.11 Å². The molecule has 0 heterocycles. The minimum Gasteiger partial charge on any atom is -0.415 e. The second kappa shape index (κ2) is 20.0. The van der Waals surface area contributed by atoms with Crippen molar-refractivity contribution in [2.75, 3.05) is 60.0 Å². The third-order valence-electron chi connectivity index (χ3n) is 2.74. The van der Waals surface area contributed by atoms with Gasteiger partial charge in [-0.05, 0) is 6.04 Å². The molecule has 0 aromatic rings. The van der Waals surface area contributed by atoms with Gasteiger partial charge in [0.25, 0.3) is 0 Å². The summed E-state index contributed by atoms with van der Waals surface area (Å²) in [5.74, 6) is 0. The SMILES string of the molecule is CCCCCC[Si]OCCOCCOCCOCCOC. The number of ether oxygens (including phenoxy) is 4. The van der Waals surface area contributed by atoms with Crippen LogP contribution in [-0.4, -0.2) is 69.7 Å². The van der Waals surface area contributed by atoms with Crippen LogP contribution in [-0.2, 0) is 23.4 Å². The lowest BCUT2D eigenvalue weighted by atomic mass is 10.2. The summed E-state index contributed by atoms with van der Waals surface area (Å²) in [6, 6.07) is 1.19. The van der Waals surface area contributed by atoms with Crippen molar-refractivity contribution in [1.29, 1.82) is 0 Å². The molecule has 5 nitrogen and oxygen atoms in total. The minimum atomic E-state index is 0.600. The summed E-state index contributed by atoms with van der Waals surface area (Å²) < 4.78 is 26.5. The predicted molar refractivity (Wildman–Crippen MR) is 85.0 cm³/mol. The van der Waals surface area contributed by atoms with Crippen LogP contribution in [0.4, 0.5) is 0 Å². The fourth-order valence-corrected chi connectivity index (χ4v) is 2.32. The van der Waals surface area contributed by atoms with Crippen LogP contribution in [0.25, 0.3) is 0 Å². The van der Waals surface area contributed by atoms with Crippen molar-refractivity contribution in [3.05, 3.63) is 0 Å². The van der Waals surface area contributed by atoms with Crippen LogP contribution in [0.1, 0.15) is 32.6 Å². The van der Waals surface area contributed by atoms with Crippen molar-refractivity contribution in [1.82, 2.24) is 0 Å². The molecule has 0 atom stereocenters. The van der Waals surface area contributed by atoms with Crippen molar-refractivity contribution < 1.29 is 23.4 Å². The molecule has 0 saturated heterocycles. The van der Waals surface area contributed by atoms with E-state index in [2.05, 4.69) is 6.92 Å². The predicted octanol–water partition coefficient (Wildman–Crippen LogP) is 2.32. The van der Waals surface area contributed by atoms with Gasteiger partial charge in [-0.2, -0.15) is 0 Å². The third-order valence-corrected chi connectivity index (χ3v) is 3.71. The second-order valence-corrected chi connectivity index (χ2v) is 5.71. The van der Waals surface area contributed by atoms with Crippen molar-refractivity contribution in [3.8, 4) is 0 Å². The molecule has 0 N–H and O–H groups in total. The lowest BCUT2D eigenvalue weighted by Gasteiger charge is -2.07. The molecule has 0 aromatic heterocycles. The molecule has 0 saturated carbocycles. The zero-order valence-corrected chi connectivity index (χ0v) is 14.7. The Morgan fingerprint density at radius 1 is 0.667 bits per heavy atom. The van der Waals surface area contributed by atoms with Gasteiger partial charge in [-0.15, -0.1) is 0 Å². The first-order chi connectivity index (χ1) is 10.4. The number of unbranched alkanes of at least 4 members (excludes halogenated alkanes) is 3. The van der Waals surface area contributed by atoms with Crippen LogP contribution in [0, 0.1) is 0 Å². The molecule has 0 spiro atoms. The summed E-state index contributed by atoms with van der Waals surface area (Å²) in [6.45, 7) is 7.23. The Morgan fingerprint density at radius 2 is 1.24 bits per heavy atom. The quantitative estimate of drug-likeness (QED) is 0.286. The summed E-state index contributed by atoms with van der Waals surface area (Å²) in [7, 11) is 2.28. The number of hydrogen-bond acceptors (Lipinski definition) is 5. The lowest BCUT2D eigenvalue weighted by molar-refractivity contribution is 0.000248. The van der Waals surface area contributed by atoms with Gasteiger partial charge in [0.05, 0.1) is 52.9 Å². The Balaban J connectivity index is 2.90. The normalized spacial score (nSPS) is 11.1. The largest absolute Gasteiger partial charge is 0.415 e. The van der Waals surface area contributed by atoms with E-state index in [9.17, 15) is 0 Å². The fraction of sp³-hybridized carbons (Fsp3) is 1.00. The van der Waals surface area contributed by atoms with Gasteiger partial charge in [0.1, 0.15) is 0 Å². The smallest absolute Gasteiger partial charge is 0.229 e. The second-order valence-electron chi connectivity index (χ2n) is 4.63. The molecule has 2 radical (unpaired) electrons. The summed E-state index contributed by atoms with van der Waals surface area (Å²) in [5, 5.41) is 0. The Hall–Kier alpha value is 0.0169. The molecule has 0 bridgehead atoms. The summed E-state index contributed by atoms with van der Waals surface area (Å²) in [5.41, 5.74) is 0. The van der Waals surface area contributed by atoms with Crippen molar-refractivity contribution in [2.45, 2.75) is 38.7 Å². The molecule has 6 heteroatoms. The van der Waals surface area contributed by atoms with Gasteiger partial charge in [0.15, 0.2) is 0 Å². The zero-order chi connectivity index (χ0) is 15.4. The van der Waals surface area contributed by atoms with Crippen molar-refractivity contribution >= 4 is 9.76 Å². The highest BCUT2D eigenvalue weighted by Crippen LogP contribution is 2.02. The lowest BCUT2D eigenvalue weighted by Crippen LogP contribution is -2.13. The molecule has 0 rings (SSSR count). The molecule has 0 aliphatic heterocycles. The Labute approximate surface area is 132 Å². The standard InChI is InChI=1S/C15H32O5Si/c1-3-4-5-6-15-21-20-14-13-19-12-11-18-10-9-17-8-7-16-2/h3-15H2,1-2H3. The van der Waals surface area contributed by atoms with Crippen LogP contribution in [0.2, 0.25) is 6.04 Å². The molecule has 0 unspecified atom stereocenters. The number of methoxy groups -OCH3 is 1. The highest BCUT2D eigenvalue weighted by molar-refractivity contribution is 6.26. The third kappa shape index (κ3) is 20.0. The highest BCUT2D eigenvalue weighted by Gasteiger charge is 1.94. The van der Waals surface area contributed by atoms with Gasteiger partial charge in [-0.1, -0.05) is 32.6 Å². The van der Waals surface area contributed by atoms with Crippen molar-refractivity contribution in [3.63, 3.8) is 0 Å². The van der Waals surface area contributed by atoms with E-state index in [1.165, 1.54) is 31.7 Å². The van der Waals surface area contributed by atoms with E-state index in [4.69, 9.17) is 23.4 Å². The van der Waals surface area contributed by atoms with Gasteiger partial charge < -0.3 is 23.4 Å². The molecule has 126 valence electrons. The average Bonchev–Trinajstić information content (AvgIpc) is 2.50. The van der Waals surface area contributed by atoms with Gasteiger partial charge in [-0.25, -0.2) is 0 Å². The maximum atomic E-state index is 5.53. The average molecular weight is 321 g/mol. The first-order valence-corrected chi connectivity index (χ1v) is 9.10. The van der Waals surface area contributed by atoms with E-state index in [1.807, 2.05) is 0 Å². The first-order valence-electron chi connectivity index (χ1n) is 7.98. The van der Waals surface area contributed by atoms with E-state index >= 15 is 0 Å².